The first-order valence-electron chi connectivity index (χ1n) is 9.43. The van der Waals surface area contributed by atoms with Crippen molar-refractivity contribution >= 4 is 22.5 Å². The number of nitro groups is 1. The maximum atomic E-state index is 13.1. The second-order valence-corrected chi connectivity index (χ2v) is 6.87. The van der Waals surface area contributed by atoms with Crippen LogP contribution in [-0.4, -0.2) is 32.2 Å². The lowest BCUT2D eigenvalue weighted by molar-refractivity contribution is -0.385. The smallest absolute Gasteiger partial charge is 0.272 e. The molecule has 0 aliphatic rings. The lowest BCUT2D eigenvalue weighted by atomic mass is 10.1. The summed E-state index contributed by atoms with van der Waals surface area (Å²) in [5, 5.41) is 11.5. The molecule has 0 saturated carbocycles. The molecule has 3 rings (SSSR count). The zero-order chi connectivity index (χ0) is 21.0. The van der Waals surface area contributed by atoms with Crippen LogP contribution >= 0.6 is 0 Å². The summed E-state index contributed by atoms with van der Waals surface area (Å²) < 4.78 is 0. The van der Waals surface area contributed by atoms with E-state index >= 15 is 0 Å². The van der Waals surface area contributed by atoms with Crippen LogP contribution in [0.2, 0.25) is 0 Å². The zero-order valence-corrected chi connectivity index (χ0v) is 16.3. The van der Waals surface area contributed by atoms with Crippen LogP contribution in [0.1, 0.15) is 41.5 Å². The monoisotopic (exact) mass is 394 g/mol. The number of hydrogen-bond acceptors (Lipinski definition) is 5. The number of aromatic amines is 1. The number of nitrogens with one attached hydrogen (secondary N) is 1. The number of aromatic nitrogens is 2. The van der Waals surface area contributed by atoms with Crippen molar-refractivity contribution in [2.75, 3.05) is 6.54 Å². The van der Waals surface area contributed by atoms with Gasteiger partial charge in [-0.05, 0) is 37.6 Å². The third-order valence-corrected chi connectivity index (χ3v) is 4.71. The summed E-state index contributed by atoms with van der Waals surface area (Å²) in [6.07, 6.45) is 1.68. The number of para-hydroxylation sites is 1. The van der Waals surface area contributed by atoms with Crippen LogP contribution in [0.4, 0.5) is 5.69 Å². The van der Waals surface area contributed by atoms with Gasteiger partial charge in [0.15, 0.2) is 0 Å². The molecule has 0 fully saturated rings. The molecule has 0 bridgehead atoms. The van der Waals surface area contributed by atoms with Crippen molar-refractivity contribution < 1.29 is 9.72 Å². The van der Waals surface area contributed by atoms with E-state index in [4.69, 9.17) is 0 Å². The van der Waals surface area contributed by atoms with Crippen molar-refractivity contribution in [1.29, 1.82) is 0 Å². The molecule has 0 radical (unpaired) electrons. The van der Waals surface area contributed by atoms with Crippen LogP contribution in [0.25, 0.3) is 10.9 Å². The minimum absolute atomic E-state index is 0.0258. The topological polar surface area (TPSA) is 109 Å². The molecule has 29 heavy (non-hydrogen) atoms. The van der Waals surface area contributed by atoms with Gasteiger partial charge in [-0.15, -0.1) is 0 Å². The molecule has 1 heterocycles. The number of carbonyl (C=O) groups is 1. The average molecular weight is 394 g/mol. The first kappa shape index (κ1) is 20.2. The van der Waals surface area contributed by atoms with Gasteiger partial charge in [0.05, 0.1) is 22.4 Å². The minimum atomic E-state index is -0.470. The molecule has 8 nitrogen and oxygen atoms in total. The van der Waals surface area contributed by atoms with E-state index in [1.165, 1.54) is 18.2 Å². The third kappa shape index (κ3) is 4.48. The Kier molecular flexibility index (Phi) is 6.01. The molecule has 0 unspecified atom stereocenters. The van der Waals surface area contributed by atoms with Gasteiger partial charge in [-0.2, -0.15) is 0 Å². The van der Waals surface area contributed by atoms with Crippen molar-refractivity contribution in [1.82, 2.24) is 14.9 Å². The number of benzene rings is 2. The van der Waals surface area contributed by atoms with Crippen LogP contribution < -0.4 is 5.56 Å². The number of nitro benzene ring substituents is 1. The summed E-state index contributed by atoms with van der Waals surface area (Å²) in [5.74, 6) is 0.143. The second-order valence-electron chi connectivity index (χ2n) is 6.87. The molecule has 3 aromatic rings. The molecular weight excluding hydrogens is 372 g/mol. The molecule has 8 heteroatoms. The zero-order valence-electron chi connectivity index (χ0n) is 16.3. The van der Waals surface area contributed by atoms with Gasteiger partial charge < -0.3 is 9.88 Å². The van der Waals surface area contributed by atoms with E-state index in [2.05, 4.69) is 9.97 Å². The van der Waals surface area contributed by atoms with E-state index in [0.717, 1.165) is 12.8 Å². The number of rotatable bonds is 7. The number of fused-ring (bicyclic) bond motifs is 1. The lowest BCUT2D eigenvalue weighted by Crippen LogP contribution is -2.33. The highest BCUT2D eigenvalue weighted by Gasteiger charge is 2.20. The van der Waals surface area contributed by atoms with Gasteiger partial charge in [0.1, 0.15) is 5.82 Å². The summed E-state index contributed by atoms with van der Waals surface area (Å²) in [6, 6.07) is 11.4. The standard InChI is InChI=1S/C21H22N4O4/c1-3-4-11-24(21(27)15-9-10-18(25(28)29)14(2)12-15)13-19-22-17-8-6-5-7-16(17)20(26)23-19/h5-10,12H,3-4,11,13H2,1-2H3,(H,22,23,26). The van der Waals surface area contributed by atoms with Crippen LogP contribution in [0.15, 0.2) is 47.3 Å². The van der Waals surface area contributed by atoms with Crippen molar-refractivity contribution in [3.05, 3.63) is 79.9 Å². The van der Waals surface area contributed by atoms with Crippen molar-refractivity contribution in [2.24, 2.45) is 0 Å². The summed E-state index contributed by atoms with van der Waals surface area (Å²) in [5.41, 5.74) is 1.09. The maximum Gasteiger partial charge on any atom is 0.272 e. The van der Waals surface area contributed by atoms with E-state index in [1.54, 1.807) is 36.1 Å². The summed E-state index contributed by atoms with van der Waals surface area (Å²) in [6.45, 7) is 4.26. The van der Waals surface area contributed by atoms with E-state index in [1.807, 2.05) is 6.92 Å². The molecule has 0 aliphatic carbocycles. The summed E-state index contributed by atoms with van der Waals surface area (Å²) >= 11 is 0. The number of unbranched alkanes of at least 4 members (excludes halogenated alkanes) is 1. The molecule has 1 aromatic heterocycles. The van der Waals surface area contributed by atoms with Crippen LogP contribution in [0.3, 0.4) is 0 Å². The molecule has 1 N–H and O–H groups in total. The number of nitrogens with zero attached hydrogens (tertiary/aromatic N) is 3. The highest BCUT2D eigenvalue weighted by Crippen LogP contribution is 2.20. The van der Waals surface area contributed by atoms with E-state index in [9.17, 15) is 19.7 Å². The molecule has 1 amide bonds. The van der Waals surface area contributed by atoms with E-state index in [0.29, 0.717) is 34.4 Å². The van der Waals surface area contributed by atoms with Gasteiger partial charge in [0, 0.05) is 23.7 Å². The van der Waals surface area contributed by atoms with Gasteiger partial charge in [-0.1, -0.05) is 25.5 Å². The Hall–Kier alpha value is -3.55. The predicted octanol–water partition coefficient (Wildman–Crippen LogP) is 3.58. The lowest BCUT2D eigenvalue weighted by Gasteiger charge is -2.22. The highest BCUT2D eigenvalue weighted by atomic mass is 16.6. The summed E-state index contributed by atoms with van der Waals surface area (Å²) in [4.78, 5) is 44.8. The fourth-order valence-electron chi connectivity index (χ4n) is 3.17. The number of amides is 1. The third-order valence-electron chi connectivity index (χ3n) is 4.71. The van der Waals surface area contributed by atoms with Gasteiger partial charge in [-0.3, -0.25) is 19.7 Å². The fourth-order valence-corrected chi connectivity index (χ4v) is 3.17. The highest BCUT2D eigenvalue weighted by molar-refractivity contribution is 5.94. The Bertz CT molecular complexity index is 1120. The Balaban J connectivity index is 1.92. The predicted molar refractivity (Wildman–Crippen MR) is 110 cm³/mol. The van der Waals surface area contributed by atoms with Crippen LogP contribution in [0.5, 0.6) is 0 Å². The number of carbonyl (C=O) groups excluding carboxylic acids is 1. The molecule has 0 spiro atoms. The number of aryl methyl sites for hydroxylation is 1. The molecule has 150 valence electrons. The molecule has 0 saturated heterocycles. The minimum Gasteiger partial charge on any atom is -0.331 e. The molecule has 2 aromatic carbocycles. The van der Waals surface area contributed by atoms with Gasteiger partial charge >= 0.3 is 0 Å². The van der Waals surface area contributed by atoms with E-state index < -0.39 is 4.92 Å². The Morgan fingerprint density at radius 2 is 2.00 bits per heavy atom. The first-order chi connectivity index (χ1) is 13.9. The average Bonchev–Trinajstić information content (AvgIpc) is 2.70. The van der Waals surface area contributed by atoms with E-state index in [-0.39, 0.29) is 23.7 Å². The van der Waals surface area contributed by atoms with Crippen molar-refractivity contribution in [2.45, 2.75) is 33.2 Å². The normalized spacial score (nSPS) is 10.8. The van der Waals surface area contributed by atoms with Gasteiger partial charge in [0.2, 0.25) is 0 Å². The number of H-pyrrole nitrogens is 1. The maximum absolute atomic E-state index is 13.1. The Morgan fingerprint density at radius 1 is 1.24 bits per heavy atom. The fraction of sp³-hybridized carbons (Fsp3) is 0.286. The number of hydrogen-bond donors (Lipinski definition) is 1. The van der Waals surface area contributed by atoms with Crippen molar-refractivity contribution in [3.63, 3.8) is 0 Å². The van der Waals surface area contributed by atoms with Crippen LogP contribution in [0, 0.1) is 17.0 Å². The SMILES string of the molecule is CCCCN(Cc1nc2ccccc2c(=O)[nH]1)C(=O)c1ccc([N+](=O)[O-])c(C)c1. The Morgan fingerprint density at radius 3 is 2.69 bits per heavy atom. The quantitative estimate of drug-likeness (QED) is 0.486. The second kappa shape index (κ2) is 8.64. The Labute approximate surface area is 167 Å². The van der Waals surface area contributed by atoms with Crippen LogP contribution in [-0.2, 0) is 6.54 Å². The molecular formula is C21H22N4O4. The first-order valence-corrected chi connectivity index (χ1v) is 9.43. The summed E-state index contributed by atoms with van der Waals surface area (Å²) in [7, 11) is 0. The molecule has 0 aliphatic heterocycles. The van der Waals surface area contributed by atoms with Gasteiger partial charge in [-0.25, -0.2) is 4.98 Å². The molecule has 0 atom stereocenters. The van der Waals surface area contributed by atoms with Gasteiger partial charge in [0.25, 0.3) is 17.2 Å². The largest absolute Gasteiger partial charge is 0.331 e. The van der Waals surface area contributed by atoms with Crippen molar-refractivity contribution in [3.8, 4) is 0 Å².